The first-order valence-corrected chi connectivity index (χ1v) is 9.84. The first kappa shape index (κ1) is 19.6. The molecule has 0 aliphatic rings. The largest absolute Gasteiger partial charge is 0.573 e. The van der Waals surface area contributed by atoms with Crippen molar-refractivity contribution >= 4 is 21.4 Å². The fourth-order valence-electron chi connectivity index (χ4n) is 2.63. The van der Waals surface area contributed by atoms with Gasteiger partial charge in [0.1, 0.15) is 12.1 Å². The topological polar surface area (TPSA) is 98.5 Å². The molecule has 12 heteroatoms. The van der Waals surface area contributed by atoms with E-state index in [0.29, 0.717) is 11.3 Å². The van der Waals surface area contributed by atoms with Crippen molar-refractivity contribution in [2.75, 3.05) is 4.72 Å². The molecule has 4 aromatic rings. The van der Waals surface area contributed by atoms with E-state index >= 15 is 0 Å². The van der Waals surface area contributed by atoms with Crippen molar-refractivity contribution in [3.63, 3.8) is 0 Å². The van der Waals surface area contributed by atoms with Gasteiger partial charge in [-0.15, -0.1) is 23.4 Å². The number of nitrogens with zero attached hydrogens (tertiary/aromatic N) is 4. The number of ether oxygens (including phenoxy) is 1. The van der Waals surface area contributed by atoms with Crippen LogP contribution < -0.4 is 9.46 Å². The molecule has 2 aromatic carbocycles. The zero-order valence-corrected chi connectivity index (χ0v) is 15.7. The van der Waals surface area contributed by atoms with E-state index in [1.165, 1.54) is 10.8 Å². The van der Waals surface area contributed by atoms with Crippen molar-refractivity contribution in [1.29, 1.82) is 0 Å². The molecule has 0 amide bonds. The van der Waals surface area contributed by atoms with Gasteiger partial charge in [-0.05, 0) is 48.5 Å². The average molecular weight is 435 g/mol. The van der Waals surface area contributed by atoms with Gasteiger partial charge in [-0.3, -0.25) is 4.72 Å². The van der Waals surface area contributed by atoms with Crippen LogP contribution in [0, 0.1) is 0 Å². The quantitative estimate of drug-likeness (QED) is 0.515. The summed E-state index contributed by atoms with van der Waals surface area (Å²) in [7, 11) is -4.00. The van der Waals surface area contributed by atoms with Crippen LogP contribution in [0.5, 0.6) is 5.75 Å². The summed E-state index contributed by atoms with van der Waals surface area (Å²) in [4.78, 5) is -0.208. The third-order valence-electron chi connectivity index (χ3n) is 3.96. The molecule has 4 rings (SSSR count). The molecular formula is C18H12F3N5O3S. The maximum absolute atomic E-state index is 12.5. The fourth-order valence-corrected chi connectivity index (χ4v) is 3.68. The highest BCUT2D eigenvalue weighted by Gasteiger charge is 2.31. The number of aromatic nitrogens is 4. The molecule has 2 heterocycles. The van der Waals surface area contributed by atoms with Gasteiger partial charge in [0.15, 0.2) is 5.65 Å². The Morgan fingerprint density at radius 1 is 0.933 bits per heavy atom. The normalized spacial score (nSPS) is 12.1. The number of anilines is 1. The molecule has 0 saturated carbocycles. The van der Waals surface area contributed by atoms with Crippen LogP contribution in [0.25, 0.3) is 16.9 Å². The van der Waals surface area contributed by atoms with Crippen LogP contribution in [-0.2, 0) is 10.0 Å². The number of rotatable bonds is 5. The fraction of sp³-hybridized carbons (Fsp3) is 0.0556. The predicted molar refractivity (Wildman–Crippen MR) is 100 cm³/mol. The summed E-state index contributed by atoms with van der Waals surface area (Å²) in [5, 5.41) is 12.0. The molecular weight excluding hydrogens is 423 g/mol. The number of nitrogens with one attached hydrogen (secondary N) is 1. The van der Waals surface area contributed by atoms with E-state index in [4.69, 9.17) is 0 Å². The van der Waals surface area contributed by atoms with E-state index in [0.717, 1.165) is 29.8 Å². The molecule has 0 bridgehead atoms. The van der Waals surface area contributed by atoms with Crippen molar-refractivity contribution < 1.29 is 26.3 Å². The van der Waals surface area contributed by atoms with Crippen LogP contribution in [0.2, 0.25) is 0 Å². The van der Waals surface area contributed by atoms with Gasteiger partial charge in [-0.1, -0.05) is 12.1 Å². The number of sulfonamides is 1. The molecule has 0 unspecified atom stereocenters. The molecule has 8 nitrogen and oxygen atoms in total. The van der Waals surface area contributed by atoms with Crippen LogP contribution in [0.4, 0.5) is 18.9 Å². The van der Waals surface area contributed by atoms with Gasteiger partial charge in [0, 0.05) is 11.3 Å². The molecule has 0 atom stereocenters. The van der Waals surface area contributed by atoms with Gasteiger partial charge >= 0.3 is 6.36 Å². The monoisotopic (exact) mass is 435 g/mol. The summed E-state index contributed by atoms with van der Waals surface area (Å²) in [6.07, 6.45) is -3.39. The Hall–Kier alpha value is -3.67. The van der Waals surface area contributed by atoms with Crippen LogP contribution in [-0.4, -0.2) is 34.6 Å². The average Bonchev–Trinajstić information content (AvgIpc) is 3.15. The van der Waals surface area contributed by atoms with E-state index in [-0.39, 0.29) is 10.6 Å². The smallest absolute Gasteiger partial charge is 0.406 e. The molecule has 1 N–H and O–H groups in total. The zero-order chi connectivity index (χ0) is 21.4. The van der Waals surface area contributed by atoms with Gasteiger partial charge in [-0.25, -0.2) is 8.42 Å². The Labute approximate surface area is 168 Å². The van der Waals surface area contributed by atoms with Gasteiger partial charge in [-0.2, -0.15) is 9.61 Å². The van der Waals surface area contributed by atoms with Crippen LogP contribution in [0.3, 0.4) is 0 Å². The molecule has 2 aromatic heterocycles. The summed E-state index contributed by atoms with van der Waals surface area (Å²) >= 11 is 0. The lowest BCUT2D eigenvalue weighted by molar-refractivity contribution is -0.274. The number of hydrogen-bond donors (Lipinski definition) is 1. The molecule has 0 radical (unpaired) electrons. The predicted octanol–water partition coefficient (Wildman–Crippen LogP) is 3.49. The maximum atomic E-state index is 12.5. The van der Waals surface area contributed by atoms with Gasteiger partial charge in [0.2, 0.25) is 0 Å². The standard InChI is InChI=1S/C18H12F3N5O3S/c19-18(20,21)29-14-5-7-15(8-6-14)30(27,28)25-13-3-1-12(2-4-13)16-9-10-17-23-22-11-26(17)24-16/h1-11,25H. The minimum atomic E-state index is -4.85. The Morgan fingerprint density at radius 2 is 1.63 bits per heavy atom. The number of alkyl halides is 3. The highest BCUT2D eigenvalue weighted by molar-refractivity contribution is 7.92. The van der Waals surface area contributed by atoms with E-state index in [9.17, 15) is 21.6 Å². The summed E-state index contributed by atoms with van der Waals surface area (Å²) in [6, 6.07) is 13.9. The third kappa shape index (κ3) is 4.33. The highest BCUT2D eigenvalue weighted by Crippen LogP contribution is 2.25. The Morgan fingerprint density at radius 3 is 2.30 bits per heavy atom. The second-order valence-corrected chi connectivity index (χ2v) is 7.74. The molecule has 154 valence electrons. The first-order chi connectivity index (χ1) is 14.2. The maximum Gasteiger partial charge on any atom is 0.573 e. The zero-order valence-electron chi connectivity index (χ0n) is 14.9. The van der Waals surface area contributed by atoms with Crippen LogP contribution in [0.15, 0.2) is 71.9 Å². The molecule has 0 aliphatic heterocycles. The minimum absolute atomic E-state index is 0.208. The summed E-state index contributed by atoms with van der Waals surface area (Å²) in [5.74, 6) is -0.511. The Bertz CT molecular complexity index is 1290. The number of benzene rings is 2. The minimum Gasteiger partial charge on any atom is -0.406 e. The second kappa shape index (κ2) is 7.30. The van der Waals surface area contributed by atoms with Gasteiger partial charge in [0.05, 0.1) is 10.6 Å². The van der Waals surface area contributed by atoms with Gasteiger partial charge in [0.25, 0.3) is 10.0 Å². The molecule has 0 saturated heterocycles. The van der Waals surface area contributed by atoms with Crippen molar-refractivity contribution in [2.45, 2.75) is 11.3 Å². The lowest BCUT2D eigenvalue weighted by atomic mass is 10.1. The second-order valence-electron chi connectivity index (χ2n) is 6.05. The Kier molecular flexibility index (Phi) is 4.78. The van der Waals surface area contributed by atoms with Crippen molar-refractivity contribution in [3.05, 3.63) is 67.0 Å². The summed E-state index contributed by atoms with van der Waals surface area (Å²) in [6.45, 7) is 0. The lowest BCUT2D eigenvalue weighted by Gasteiger charge is -2.11. The van der Waals surface area contributed by atoms with Crippen molar-refractivity contribution in [1.82, 2.24) is 19.8 Å². The summed E-state index contributed by atoms with van der Waals surface area (Å²) < 4.78 is 69.2. The number of hydrogen-bond acceptors (Lipinski definition) is 6. The Balaban J connectivity index is 1.50. The summed E-state index contributed by atoms with van der Waals surface area (Å²) in [5.41, 5.74) is 2.24. The third-order valence-corrected chi connectivity index (χ3v) is 5.36. The van der Waals surface area contributed by atoms with Crippen LogP contribution in [0.1, 0.15) is 0 Å². The van der Waals surface area contributed by atoms with Crippen molar-refractivity contribution in [2.24, 2.45) is 0 Å². The molecule has 0 spiro atoms. The molecule has 0 aliphatic carbocycles. The number of fused-ring (bicyclic) bond motifs is 1. The molecule has 0 fully saturated rings. The van der Waals surface area contributed by atoms with E-state index in [2.05, 4.69) is 24.8 Å². The first-order valence-electron chi connectivity index (χ1n) is 8.36. The lowest BCUT2D eigenvalue weighted by Crippen LogP contribution is -2.17. The molecule has 30 heavy (non-hydrogen) atoms. The van der Waals surface area contributed by atoms with E-state index < -0.39 is 22.1 Å². The van der Waals surface area contributed by atoms with E-state index in [1.54, 1.807) is 36.4 Å². The van der Waals surface area contributed by atoms with E-state index in [1.807, 2.05) is 0 Å². The number of halogens is 3. The van der Waals surface area contributed by atoms with Gasteiger partial charge < -0.3 is 4.74 Å². The highest BCUT2D eigenvalue weighted by atomic mass is 32.2. The van der Waals surface area contributed by atoms with Crippen molar-refractivity contribution in [3.8, 4) is 17.0 Å². The SMILES string of the molecule is O=S(=O)(Nc1ccc(-c2ccc3nncn3n2)cc1)c1ccc(OC(F)(F)F)cc1. The van der Waals surface area contributed by atoms with Crippen LogP contribution >= 0.6 is 0 Å².